The van der Waals surface area contributed by atoms with Gasteiger partial charge in [0.15, 0.2) is 0 Å². The third-order valence-corrected chi connectivity index (χ3v) is 5.24. The number of amides is 2. The molecule has 170 valence electrons. The SMILES string of the molecule is CCC(N=NCCC(Cc1ccccc1)NC(=O)NCC(C)C)C(C#N)c1ccccc1. The third kappa shape index (κ3) is 8.89. The van der Waals surface area contributed by atoms with Crippen molar-refractivity contribution in [3.63, 3.8) is 0 Å². The summed E-state index contributed by atoms with van der Waals surface area (Å²) in [5.41, 5.74) is 2.13. The van der Waals surface area contributed by atoms with Crippen molar-refractivity contribution in [3.05, 3.63) is 71.8 Å². The van der Waals surface area contributed by atoms with Crippen LogP contribution in [0.5, 0.6) is 0 Å². The number of nitriles is 1. The summed E-state index contributed by atoms with van der Waals surface area (Å²) < 4.78 is 0. The van der Waals surface area contributed by atoms with Crippen LogP contribution in [0.1, 0.15) is 50.7 Å². The van der Waals surface area contributed by atoms with Gasteiger partial charge in [-0.25, -0.2) is 4.79 Å². The first-order valence-electron chi connectivity index (χ1n) is 11.4. The van der Waals surface area contributed by atoms with Gasteiger partial charge in [0, 0.05) is 12.6 Å². The van der Waals surface area contributed by atoms with E-state index in [1.165, 1.54) is 5.56 Å². The maximum atomic E-state index is 12.3. The second-order valence-electron chi connectivity index (χ2n) is 8.40. The van der Waals surface area contributed by atoms with Gasteiger partial charge >= 0.3 is 6.03 Å². The fourth-order valence-electron chi connectivity index (χ4n) is 3.46. The van der Waals surface area contributed by atoms with Crippen molar-refractivity contribution in [2.75, 3.05) is 13.1 Å². The standard InChI is InChI=1S/C26H35N5O/c1-4-25(24(18-27)22-13-9-6-10-14-22)31-29-16-15-23(17-21-11-7-5-8-12-21)30-26(32)28-19-20(2)3/h5-14,20,23-25H,4,15-17,19H2,1-3H3,(H2,28,30,32). The molecule has 6 nitrogen and oxygen atoms in total. The lowest BCUT2D eigenvalue weighted by atomic mass is 9.92. The highest BCUT2D eigenvalue weighted by Gasteiger charge is 2.21. The fourth-order valence-corrected chi connectivity index (χ4v) is 3.46. The number of carbonyl (C=O) groups is 1. The number of carbonyl (C=O) groups excluding carboxylic acids is 1. The molecule has 2 aromatic rings. The van der Waals surface area contributed by atoms with Crippen LogP contribution in [0.4, 0.5) is 4.79 Å². The van der Waals surface area contributed by atoms with E-state index in [0.29, 0.717) is 25.4 Å². The van der Waals surface area contributed by atoms with E-state index in [1.54, 1.807) is 0 Å². The van der Waals surface area contributed by atoms with Crippen LogP contribution in [-0.2, 0) is 6.42 Å². The molecule has 0 aromatic heterocycles. The molecule has 32 heavy (non-hydrogen) atoms. The van der Waals surface area contributed by atoms with E-state index < -0.39 is 0 Å². The first-order chi connectivity index (χ1) is 15.5. The monoisotopic (exact) mass is 433 g/mol. The van der Waals surface area contributed by atoms with E-state index >= 15 is 0 Å². The van der Waals surface area contributed by atoms with Gasteiger partial charge in [-0.05, 0) is 36.3 Å². The van der Waals surface area contributed by atoms with Crippen LogP contribution >= 0.6 is 0 Å². The fraction of sp³-hybridized carbons (Fsp3) is 0.462. The smallest absolute Gasteiger partial charge is 0.315 e. The van der Waals surface area contributed by atoms with Crippen LogP contribution < -0.4 is 10.6 Å². The number of hydrogen-bond acceptors (Lipinski definition) is 4. The van der Waals surface area contributed by atoms with Crippen molar-refractivity contribution < 1.29 is 4.79 Å². The average Bonchev–Trinajstić information content (AvgIpc) is 2.81. The second-order valence-corrected chi connectivity index (χ2v) is 8.40. The zero-order valence-corrected chi connectivity index (χ0v) is 19.4. The molecule has 0 bridgehead atoms. The molecule has 2 N–H and O–H groups in total. The minimum Gasteiger partial charge on any atom is -0.338 e. The molecule has 3 atom stereocenters. The highest BCUT2D eigenvalue weighted by atomic mass is 16.2. The lowest BCUT2D eigenvalue weighted by Gasteiger charge is -2.19. The third-order valence-electron chi connectivity index (χ3n) is 5.24. The summed E-state index contributed by atoms with van der Waals surface area (Å²) >= 11 is 0. The average molecular weight is 434 g/mol. The van der Waals surface area contributed by atoms with Crippen molar-refractivity contribution in [2.45, 2.75) is 58.0 Å². The second kappa shape index (κ2) is 14.0. The number of nitrogens with one attached hydrogen (secondary N) is 2. The highest BCUT2D eigenvalue weighted by Crippen LogP contribution is 2.23. The van der Waals surface area contributed by atoms with Crippen molar-refractivity contribution in [1.82, 2.24) is 10.6 Å². The molecule has 0 saturated carbocycles. The topological polar surface area (TPSA) is 89.6 Å². The first kappa shape index (κ1) is 25.1. The van der Waals surface area contributed by atoms with Gasteiger partial charge in [0.25, 0.3) is 0 Å². The molecule has 0 heterocycles. The van der Waals surface area contributed by atoms with Crippen molar-refractivity contribution in [3.8, 4) is 6.07 Å². The Kier molecular flexibility index (Phi) is 10.9. The van der Waals surface area contributed by atoms with Crippen LogP contribution in [0.25, 0.3) is 0 Å². The van der Waals surface area contributed by atoms with Crippen LogP contribution in [0.2, 0.25) is 0 Å². The maximum Gasteiger partial charge on any atom is 0.315 e. The van der Waals surface area contributed by atoms with E-state index in [4.69, 9.17) is 0 Å². The number of hydrogen-bond donors (Lipinski definition) is 2. The summed E-state index contributed by atoms with van der Waals surface area (Å²) in [5.74, 6) is 0.0794. The van der Waals surface area contributed by atoms with E-state index in [9.17, 15) is 10.1 Å². The van der Waals surface area contributed by atoms with E-state index in [1.807, 2.05) is 55.5 Å². The molecule has 0 aliphatic carbocycles. The molecule has 2 amide bonds. The predicted molar refractivity (Wildman–Crippen MR) is 129 cm³/mol. The van der Waals surface area contributed by atoms with Gasteiger partial charge in [-0.2, -0.15) is 15.5 Å². The van der Waals surface area contributed by atoms with Gasteiger partial charge in [-0.15, -0.1) is 0 Å². The van der Waals surface area contributed by atoms with Gasteiger partial charge in [0.1, 0.15) is 0 Å². The number of azo groups is 1. The molecule has 3 unspecified atom stereocenters. The number of nitrogens with zero attached hydrogens (tertiary/aromatic N) is 3. The molecule has 0 fully saturated rings. The highest BCUT2D eigenvalue weighted by molar-refractivity contribution is 5.74. The van der Waals surface area contributed by atoms with Gasteiger partial charge in [0.2, 0.25) is 0 Å². The Labute approximate surface area is 192 Å². The van der Waals surface area contributed by atoms with Crippen molar-refractivity contribution in [2.24, 2.45) is 16.1 Å². The van der Waals surface area contributed by atoms with Crippen molar-refractivity contribution >= 4 is 6.03 Å². The molecule has 0 saturated heterocycles. The summed E-state index contributed by atoms with van der Waals surface area (Å²) in [5, 5.41) is 24.6. The lowest BCUT2D eigenvalue weighted by Crippen LogP contribution is -2.44. The van der Waals surface area contributed by atoms with Crippen LogP contribution in [0, 0.1) is 17.2 Å². The molecular formula is C26H35N5O. The normalized spacial score (nSPS) is 14.0. The molecule has 0 radical (unpaired) electrons. The Morgan fingerprint density at radius 1 is 1.06 bits per heavy atom. The van der Waals surface area contributed by atoms with E-state index in [0.717, 1.165) is 18.4 Å². The van der Waals surface area contributed by atoms with E-state index in [-0.39, 0.29) is 24.0 Å². The zero-order valence-electron chi connectivity index (χ0n) is 19.4. The summed E-state index contributed by atoms with van der Waals surface area (Å²) in [6.45, 7) is 7.28. The van der Waals surface area contributed by atoms with Crippen LogP contribution in [-0.4, -0.2) is 31.2 Å². The Morgan fingerprint density at radius 2 is 1.72 bits per heavy atom. The zero-order chi connectivity index (χ0) is 23.2. The minimum absolute atomic E-state index is 0.0514. The van der Waals surface area contributed by atoms with Gasteiger partial charge in [-0.1, -0.05) is 81.4 Å². The Balaban J connectivity index is 1.98. The summed E-state index contributed by atoms with van der Waals surface area (Å²) in [6, 6.07) is 21.8. The number of rotatable bonds is 12. The molecule has 6 heteroatoms. The largest absolute Gasteiger partial charge is 0.338 e. The Hall–Kier alpha value is -3.20. The Bertz CT molecular complexity index is 861. The maximum absolute atomic E-state index is 12.3. The molecular weight excluding hydrogens is 398 g/mol. The van der Waals surface area contributed by atoms with Crippen LogP contribution in [0.3, 0.4) is 0 Å². The van der Waals surface area contributed by atoms with Gasteiger partial charge < -0.3 is 10.6 Å². The molecule has 0 aliphatic heterocycles. The molecule has 0 spiro atoms. The van der Waals surface area contributed by atoms with Gasteiger partial charge in [-0.3, -0.25) is 0 Å². The number of benzene rings is 2. The summed E-state index contributed by atoms with van der Waals surface area (Å²) in [7, 11) is 0. The van der Waals surface area contributed by atoms with Gasteiger partial charge in [0.05, 0.1) is 24.6 Å². The Morgan fingerprint density at radius 3 is 2.31 bits per heavy atom. The lowest BCUT2D eigenvalue weighted by molar-refractivity contribution is 0.235. The first-order valence-corrected chi connectivity index (χ1v) is 11.4. The van der Waals surface area contributed by atoms with Crippen molar-refractivity contribution in [1.29, 1.82) is 5.26 Å². The summed E-state index contributed by atoms with van der Waals surface area (Å²) in [4.78, 5) is 12.3. The minimum atomic E-state index is -0.315. The molecule has 2 aromatic carbocycles. The quantitative estimate of drug-likeness (QED) is 0.434. The van der Waals surface area contributed by atoms with Crippen LogP contribution in [0.15, 0.2) is 70.9 Å². The number of urea groups is 1. The summed E-state index contributed by atoms with van der Waals surface area (Å²) in [6.07, 6.45) is 2.14. The predicted octanol–water partition coefficient (Wildman–Crippen LogP) is 5.48. The molecule has 2 rings (SSSR count). The molecule has 0 aliphatic rings. The van der Waals surface area contributed by atoms with E-state index in [2.05, 4.69) is 52.9 Å².